The number of nitriles is 2. The molecule has 7 nitrogen and oxygen atoms in total. The van der Waals surface area contributed by atoms with Gasteiger partial charge in [0.2, 0.25) is 0 Å². The second kappa shape index (κ2) is 10.7. The van der Waals surface area contributed by atoms with Gasteiger partial charge in [-0.15, -0.1) is 0 Å². The minimum absolute atomic E-state index is 0.112. The van der Waals surface area contributed by atoms with Crippen LogP contribution in [0.15, 0.2) is 59.9 Å². The maximum absolute atomic E-state index is 10.8. The Morgan fingerprint density at radius 1 is 1.26 bits per heavy atom. The molecule has 0 spiro atoms. The Balaban J connectivity index is 1.93. The van der Waals surface area contributed by atoms with Crippen LogP contribution in [0.1, 0.15) is 43.2 Å². The zero-order valence-corrected chi connectivity index (χ0v) is 17.0. The number of aliphatic imine (C=N–C) groups is 1. The number of rotatable bonds is 9. The molecule has 0 saturated heterocycles. The van der Waals surface area contributed by atoms with Crippen molar-refractivity contribution in [1.29, 1.82) is 10.5 Å². The molecular weight excluding hydrogens is 390 g/mol. The fourth-order valence-electron chi connectivity index (χ4n) is 3.07. The molecule has 1 aromatic heterocycles. The molecule has 0 atom stereocenters. The lowest BCUT2D eigenvalue weighted by Gasteiger charge is -2.12. The van der Waals surface area contributed by atoms with Gasteiger partial charge >= 0.3 is 5.97 Å². The number of hydrogen-bond donors (Lipinski definition) is 2. The van der Waals surface area contributed by atoms with Crippen LogP contribution in [-0.2, 0) is 4.79 Å². The maximum Gasteiger partial charge on any atom is 0.303 e. The third-order valence-corrected chi connectivity index (χ3v) is 4.78. The standard InChI is InChI=1S/C24H23N5O2/c25-14-19(15-26)24(28-20-10-11-20)29-21-7-3-5-17(13-21)22(8-1-2-9-23(30)31)18-6-4-12-27-16-18/h3-8,12-13,16,19-20H,1-2,9-11H2,(H,28,29)(H,30,31)/b22-8+. The smallest absolute Gasteiger partial charge is 0.303 e. The van der Waals surface area contributed by atoms with Gasteiger partial charge in [0.05, 0.1) is 17.8 Å². The molecule has 3 rings (SSSR count). The van der Waals surface area contributed by atoms with Crippen molar-refractivity contribution in [3.8, 4) is 12.1 Å². The summed E-state index contributed by atoms with van der Waals surface area (Å²) in [5.41, 5.74) is 3.39. The SMILES string of the molecule is N#CC(C#N)C(=Nc1cccc(/C(=C\CCCC(=O)O)c2cccnc2)c1)NC1CC1. The Bertz CT molecular complexity index is 1050. The van der Waals surface area contributed by atoms with E-state index in [9.17, 15) is 15.3 Å². The van der Waals surface area contributed by atoms with Crippen LogP contribution in [0.4, 0.5) is 5.69 Å². The third kappa shape index (κ3) is 6.52. The topological polar surface area (TPSA) is 122 Å². The highest BCUT2D eigenvalue weighted by Gasteiger charge is 2.26. The Kier molecular flexibility index (Phi) is 7.50. The van der Waals surface area contributed by atoms with E-state index in [0.29, 0.717) is 24.4 Å². The van der Waals surface area contributed by atoms with Crippen LogP contribution in [0.25, 0.3) is 5.57 Å². The highest BCUT2D eigenvalue weighted by Crippen LogP contribution is 2.28. The minimum Gasteiger partial charge on any atom is -0.481 e. The monoisotopic (exact) mass is 413 g/mol. The van der Waals surface area contributed by atoms with Crippen LogP contribution in [0.2, 0.25) is 0 Å². The fraction of sp³-hybridized carbons (Fsp3) is 0.292. The molecule has 0 aliphatic heterocycles. The lowest BCUT2D eigenvalue weighted by atomic mass is 9.97. The van der Waals surface area contributed by atoms with Crippen molar-refractivity contribution in [1.82, 2.24) is 10.3 Å². The third-order valence-electron chi connectivity index (χ3n) is 4.78. The zero-order valence-electron chi connectivity index (χ0n) is 17.0. The number of benzene rings is 1. The van der Waals surface area contributed by atoms with Crippen molar-refractivity contribution in [2.45, 2.75) is 38.1 Å². The number of hydrogen-bond acceptors (Lipinski definition) is 5. The van der Waals surface area contributed by atoms with Crippen LogP contribution in [-0.4, -0.2) is 27.9 Å². The molecule has 2 aromatic rings. The van der Waals surface area contributed by atoms with Gasteiger partial charge < -0.3 is 10.4 Å². The summed E-state index contributed by atoms with van der Waals surface area (Å²) in [7, 11) is 0. The first kappa shape index (κ1) is 21.7. The molecule has 0 radical (unpaired) electrons. The molecule has 0 amide bonds. The van der Waals surface area contributed by atoms with Crippen molar-refractivity contribution in [2.75, 3.05) is 0 Å². The van der Waals surface area contributed by atoms with Gasteiger partial charge in [-0.2, -0.15) is 10.5 Å². The fourth-order valence-corrected chi connectivity index (χ4v) is 3.07. The van der Waals surface area contributed by atoms with Crippen molar-refractivity contribution in [3.05, 3.63) is 66.0 Å². The van der Waals surface area contributed by atoms with Crippen LogP contribution >= 0.6 is 0 Å². The van der Waals surface area contributed by atoms with Gasteiger partial charge in [-0.3, -0.25) is 9.78 Å². The second-order valence-corrected chi connectivity index (χ2v) is 7.30. The second-order valence-electron chi connectivity index (χ2n) is 7.30. The molecule has 0 bridgehead atoms. The van der Waals surface area contributed by atoms with E-state index in [-0.39, 0.29) is 12.5 Å². The van der Waals surface area contributed by atoms with E-state index in [2.05, 4.69) is 15.3 Å². The molecule has 7 heteroatoms. The average Bonchev–Trinajstić information content (AvgIpc) is 3.59. The molecule has 1 aliphatic carbocycles. The summed E-state index contributed by atoms with van der Waals surface area (Å²) in [6, 6.07) is 15.6. The number of carboxylic acids is 1. The van der Waals surface area contributed by atoms with Crippen LogP contribution < -0.4 is 5.32 Å². The zero-order chi connectivity index (χ0) is 22.1. The molecule has 1 aromatic carbocycles. The van der Waals surface area contributed by atoms with E-state index in [1.54, 1.807) is 12.4 Å². The van der Waals surface area contributed by atoms with Gasteiger partial charge in [0.15, 0.2) is 5.92 Å². The number of amidine groups is 1. The summed E-state index contributed by atoms with van der Waals surface area (Å²) in [5, 5.41) is 30.7. The number of allylic oxidation sites excluding steroid dienone is 1. The van der Waals surface area contributed by atoms with Crippen molar-refractivity contribution >= 4 is 23.1 Å². The molecule has 0 unspecified atom stereocenters. The summed E-state index contributed by atoms with van der Waals surface area (Å²) >= 11 is 0. The molecule has 1 aliphatic rings. The van der Waals surface area contributed by atoms with Crippen LogP contribution in [0.5, 0.6) is 0 Å². The minimum atomic E-state index is -0.950. The number of nitrogens with zero attached hydrogens (tertiary/aromatic N) is 4. The van der Waals surface area contributed by atoms with Gasteiger partial charge in [-0.25, -0.2) is 4.99 Å². The van der Waals surface area contributed by atoms with Crippen LogP contribution in [0, 0.1) is 28.6 Å². The van der Waals surface area contributed by atoms with E-state index < -0.39 is 11.9 Å². The summed E-state index contributed by atoms with van der Waals surface area (Å²) in [5.74, 6) is -1.39. The lowest BCUT2D eigenvalue weighted by Crippen LogP contribution is -2.31. The molecule has 156 valence electrons. The van der Waals surface area contributed by atoms with E-state index in [1.807, 2.05) is 54.6 Å². The number of pyridine rings is 1. The quantitative estimate of drug-likeness (QED) is 0.361. The molecular formula is C24H23N5O2. The number of nitrogens with one attached hydrogen (secondary N) is 1. The number of aromatic nitrogens is 1. The Morgan fingerprint density at radius 3 is 2.68 bits per heavy atom. The predicted octanol–water partition coefficient (Wildman–Crippen LogP) is 4.21. The number of aliphatic carboxylic acids is 1. The molecule has 1 fully saturated rings. The van der Waals surface area contributed by atoms with E-state index in [1.165, 1.54) is 0 Å². The highest BCUT2D eigenvalue weighted by molar-refractivity contribution is 5.92. The first-order valence-electron chi connectivity index (χ1n) is 10.2. The van der Waals surface area contributed by atoms with E-state index in [0.717, 1.165) is 29.5 Å². The number of carbonyl (C=O) groups is 1. The van der Waals surface area contributed by atoms with E-state index >= 15 is 0 Å². The van der Waals surface area contributed by atoms with Gasteiger partial charge in [0.1, 0.15) is 5.84 Å². The van der Waals surface area contributed by atoms with Gasteiger partial charge in [0, 0.05) is 30.4 Å². The summed E-state index contributed by atoms with van der Waals surface area (Å²) in [4.78, 5) is 19.6. The first-order chi connectivity index (χ1) is 15.1. The highest BCUT2D eigenvalue weighted by atomic mass is 16.4. The van der Waals surface area contributed by atoms with Gasteiger partial charge in [-0.05, 0) is 55.0 Å². The average molecular weight is 413 g/mol. The molecule has 1 saturated carbocycles. The summed E-state index contributed by atoms with van der Waals surface area (Å²) in [6.07, 6.45) is 8.76. The predicted molar refractivity (Wildman–Crippen MR) is 117 cm³/mol. The van der Waals surface area contributed by atoms with Gasteiger partial charge in [0.25, 0.3) is 0 Å². The van der Waals surface area contributed by atoms with Crippen molar-refractivity contribution < 1.29 is 9.90 Å². The van der Waals surface area contributed by atoms with Crippen molar-refractivity contribution in [2.24, 2.45) is 10.9 Å². The Hall–Kier alpha value is -3.97. The lowest BCUT2D eigenvalue weighted by molar-refractivity contribution is -0.137. The Morgan fingerprint density at radius 2 is 2.03 bits per heavy atom. The summed E-state index contributed by atoms with van der Waals surface area (Å²) < 4.78 is 0. The summed E-state index contributed by atoms with van der Waals surface area (Å²) in [6.45, 7) is 0. The maximum atomic E-state index is 10.8. The molecule has 2 N–H and O–H groups in total. The van der Waals surface area contributed by atoms with Gasteiger partial charge in [-0.1, -0.05) is 24.3 Å². The normalized spacial score (nSPS) is 14.0. The van der Waals surface area contributed by atoms with Crippen molar-refractivity contribution in [3.63, 3.8) is 0 Å². The molecule has 1 heterocycles. The number of carboxylic acid groups (broad SMARTS) is 1. The van der Waals surface area contributed by atoms with E-state index in [4.69, 9.17) is 5.11 Å². The Labute approximate surface area is 181 Å². The number of unbranched alkanes of at least 4 members (excludes halogenated alkanes) is 1. The van der Waals surface area contributed by atoms with Crippen LogP contribution in [0.3, 0.4) is 0 Å². The largest absolute Gasteiger partial charge is 0.481 e. The first-order valence-corrected chi connectivity index (χ1v) is 10.2. The molecule has 31 heavy (non-hydrogen) atoms.